The number of hydrogen-bond donors (Lipinski definition) is 1. The van der Waals surface area contributed by atoms with Gasteiger partial charge in [0.05, 0.1) is 18.5 Å². The second-order valence-corrected chi connectivity index (χ2v) is 4.71. The Labute approximate surface area is 119 Å². The minimum absolute atomic E-state index is 0.458. The molecule has 5 nitrogen and oxygen atoms in total. The maximum atomic E-state index is 5.87. The maximum absolute atomic E-state index is 5.87. The van der Waals surface area contributed by atoms with Gasteiger partial charge in [-0.25, -0.2) is 0 Å². The largest absolute Gasteiger partial charge is 0.493 e. The van der Waals surface area contributed by atoms with Crippen LogP contribution in [0.15, 0.2) is 24.3 Å². The van der Waals surface area contributed by atoms with Gasteiger partial charge in [0.25, 0.3) is 0 Å². The van der Waals surface area contributed by atoms with Crippen LogP contribution in [0.5, 0.6) is 11.5 Å². The van der Waals surface area contributed by atoms with Crippen molar-refractivity contribution in [3.05, 3.63) is 41.2 Å². The number of nitrogens with zero attached hydrogens (tertiary/aromatic N) is 2. The van der Waals surface area contributed by atoms with Crippen LogP contribution in [0, 0.1) is 6.92 Å². The Morgan fingerprint density at radius 2 is 2.05 bits per heavy atom. The van der Waals surface area contributed by atoms with Crippen LogP contribution in [0.2, 0.25) is 0 Å². The highest BCUT2D eigenvalue weighted by Gasteiger charge is 2.08. The Hall–Kier alpha value is -2.01. The van der Waals surface area contributed by atoms with E-state index < -0.39 is 0 Å². The highest BCUT2D eigenvalue weighted by Crippen LogP contribution is 2.29. The maximum Gasteiger partial charge on any atom is 0.162 e. The van der Waals surface area contributed by atoms with E-state index in [2.05, 4.69) is 5.10 Å². The summed E-state index contributed by atoms with van der Waals surface area (Å²) in [5, 5.41) is 4.30. The van der Waals surface area contributed by atoms with Crippen molar-refractivity contribution in [1.29, 1.82) is 0 Å². The van der Waals surface area contributed by atoms with Crippen molar-refractivity contribution in [2.45, 2.75) is 20.0 Å². The first-order valence-corrected chi connectivity index (χ1v) is 6.63. The summed E-state index contributed by atoms with van der Waals surface area (Å²) >= 11 is 0. The second-order valence-electron chi connectivity index (χ2n) is 4.71. The summed E-state index contributed by atoms with van der Waals surface area (Å²) in [5.41, 5.74) is 8.73. The highest BCUT2D eigenvalue weighted by molar-refractivity contribution is 5.43. The van der Waals surface area contributed by atoms with Crippen LogP contribution in [0.3, 0.4) is 0 Å². The first-order chi connectivity index (χ1) is 9.63. The molecule has 1 aromatic heterocycles. The van der Waals surface area contributed by atoms with E-state index in [0.29, 0.717) is 13.2 Å². The van der Waals surface area contributed by atoms with Gasteiger partial charge in [0.15, 0.2) is 11.5 Å². The molecule has 0 radical (unpaired) electrons. The monoisotopic (exact) mass is 275 g/mol. The molecule has 20 heavy (non-hydrogen) atoms. The Morgan fingerprint density at radius 3 is 2.65 bits per heavy atom. The molecule has 0 fully saturated rings. The zero-order valence-electron chi connectivity index (χ0n) is 12.2. The number of rotatable bonds is 6. The van der Waals surface area contributed by atoms with E-state index in [1.165, 1.54) is 0 Å². The van der Waals surface area contributed by atoms with Gasteiger partial charge in [-0.3, -0.25) is 4.68 Å². The molecule has 0 aliphatic heterocycles. The molecule has 1 aromatic carbocycles. The molecule has 0 amide bonds. The fraction of sp³-hybridized carbons (Fsp3) is 0.400. The van der Waals surface area contributed by atoms with Gasteiger partial charge in [0, 0.05) is 7.05 Å². The second kappa shape index (κ2) is 6.43. The zero-order valence-corrected chi connectivity index (χ0v) is 12.2. The first kappa shape index (κ1) is 14.4. The lowest BCUT2D eigenvalue weighted by Gasteiger charge is -2.12. The standard InChI is InChI=1S/C15H21N3O2/c1-11-8-13(18(2)17-11)10-20-15-9-12(6-7-16)4-5-14(15)19-3/h4-5,8-9H,6-7,10,16H2,1-3H3. The molecule has 0 saturated heterocycles. The SMILES string of the molecule is COc1ccc(CCN)cc1OCc1cc(C)nn1C. The number of aryl methyl sites for hydroxylation is 2. The number of nitrogens with two attached hydrogens (primary N) is 1. The van der Waals surface area contributed by atoms with Crippen molar-refractivity contribution < 1.29 is 9.47 Å². The van der Waals surface area contributed by atoms with E-state index in [-0.39, 0.29) is 0 Å². The predicted octanol–water partition coefficient (Wildman–Crippen LogP) is 1.82. The molecule has 2 rings (SSSR count). The number of benzene rings is 1. The van der Waals surface area contributed by atoms with Gasteiger partial charge in [-0.05, 0) is 43.7 Å². The van der Waals surface area contributed by atoms with Gasteiger partial charge >= 0.3 is 0 Å². The smallest absolute Gasteiger partial charge is 0.162 e. The summed E-state index contributed by atoms with van der Waals surface area (Å²) in [6.45, 7) is 3.04. The third-order valence-corrected chi connectivity index (χ3v) is 3.14. The molecule has 0 aliphatic carbocycles. The third-order valence-electron chi connectivity index (χ3n) is 3.14. The normalized spacial score (nSPS) is 10.6. The number of methoxy groups -OCH3 is 1. The Kier molecular flexibility index (Phi) is 4.63. The summed E-state index contributed by atoms with van der Waals surface area (Å²) in [4.78, 5) is 0. The van der Waals surface area contributed by atoms with Crippen molar-refractivity contribution in [3.8, 4) is 11.5 Å². The average Bonchev–Trinajstić information content (AvgIpc) is 2.75. The topological polar surface area (TPSA) is 62.3 Å². The Balaban J connectivity index is 2.14. The fourth-order valence-electron chi connectivity index (χ4n) is 2.11. The van der Waals surface area contributed by atoms with Crippen LogP contribution in [-0.4, -0.2) is 23.4 Å². The molecule has 2 N–H and O–H groups in total. The van der Waals surface area contributed by atoms with Crippen molar-refractivity contribution in [1.82, 2.24) is 9.78 Å². The molecule has 0 unspecified atom stereocenters. The lowest BCUT2D eigenvalue weighted by molar-refractivity contribution is 0.275. The number of ether oxygens (including phenoxy) is 2. The highest BCUT2D eigenvalue weighted by atomic mass is 16.5. The van der Waals surface area contributed by atoms with E-state index in [1.807, 2.05) is 42.9 Å². The van der Waals surface area contributed by atoms with E-state index in [4.69, 9.17) is 15.2 Å². The van der Waals surface area contributed by atoms with Crippen molar-refractivity contribution in [3.63, 3.8) is 0 Å². The Bertz CT molecular complexity index is 578. The van der Waals surface area contributed by atoms with Gasteiger partial charge in [-0.1, -0.05) is 6.07 Å². The molecule has 0 aliphatic rings. The van der Waals surface area contributed by atoms with E-state index in [0.717, 1.165) is 34.9 Å². The quantitative estimate of drug-likeness (QED) is 0.873. The third kappa shape index (κ3) is 3.30. The van der Waals surface area contributed by atoms with Gasteiger partial charge in [-0.15, -0.1) is 0 Å². The fourth-order valence-corrected chi connectivity index (χ4v) is 2.11. The Morgan fingerprint density at radius 1 is 1.25 bits per heavy atom. The van der Waals surface area contributed by atoms with Crippen LogP contribution in [0.1, 0.15) is 17.0 Å². The number of aromatic nitrogens is 2. The van der Waals surface area contributed by atoms with Crippen LogP contribution in [-0.2, 0) is 20.1 Å². The molecule has 5 heteroatoms. The van der Waals surface area contributed by atoms with E-state index in [9.17, 15) is 0 Å². The van der Waals surface area contributed by atoms with Crippen molar-refractivity contribution in [2.24, 2.45) is 12.8 Å². The summed E-state index contributed by atoms with van der Waals surface area (Å²) in [6, 6.07) is 7.91. The molecule has 2 aromatic rings. The zero-order chi connectivity index (χ0) is 14.5. The molecule has 1 heterocycles. The average molecular weight is 275 g/mol. The van der Waals surface area contributed by atoms with Crippen LogP contribution in [0.25, 0.3) is 0 Å². The number of hydrogen-bond acceptors (Lipinski definition) is 4. The van der Waals surface area contributed by atoms with Crippen LogP contribution >= 0.6 is 0 Å². The van der Waals surface area contributed by atoms with Crippen LogP contribution < -0.4 is 15.2 Å². The van der Waals surface area contributed by atoms with E-state index in [1.54, 1.807) is 7.11 Å². The molecule has 108 valence electrons. The van der Waals surface area contributed by atoms with Gasteiger partial charge in [-0.2, -0.15) is 5.10 Å². The summed E-state index contributed by atoms with van der Waals surface area (Å²) in [7, 11) is 3.55. The first-order valence-electron chi connectivity index (χ1n) is 6.63. The minimum atomic E-state index is 0.458. The molecule has 0 spiro atoms. The van der Waals surface area contributed by atoms with Gasteiger partial charge < -0.3 is 15.2 Å². The molecule has 0 saturated carbocycles. The minimum Gasteiger partial charge on any atom is -0.493 e. The summed E-state index contributed by atoms with van der Waals surface area (Å²) < 4.78 is 13.0. The van der Waals surface area contributed by atoms with Crippen molar-refractivity contribution >= 4 is 0 Å². The molecular weight excluding hydrogens is 254 g/mol. The van der Waals surface area contributed by atoms with Crippen LogP contribution in [0.4, 0.5) is 0 Å². The van der Waals surface area contributed by atoms with Gasteiger partial charge in [0.1, 0.15) is 6.61 Å². The summed E-state index contributed by atoms with van der Waals surface area (Å²) in [6.07, 6.45) is 0.825. The summed E-state index contributed by atoms with van der Waals surface area (Å²) in [5.74, 6) is 1.46. The van der Waals surface area contributed by atoms with Gasteiger partial charge in [0.2, 0.25) is 0 Å². The molecular formula is C15H21N3O2. The molecule has 0 atom stereocenters. The predicted molar refractivity (Wildman–Crippen MR) is 78.0 cm³/mol. The molecule has 0 bridgehead atoms. The lowest BCUT2D eigenvalue weighted by Crippen LogP contribution is -2.05. The lowest BCUT2D eigenvalue weighted by atomic mass is 10.1. The van der Waals surface area contributed by atoms with Crippen molar-refractivity contribution in [2.75, 3.05) is 13.7 Å². The van der Waals surface area contributed by atoms with E-state index >= 15 is 0 Å².